The predicted octanol–water partition coefficient (Wildman–Crippen LogP) is 1.09. The number of quaternary nitrogens is 1. The normalized spacial score (nSPS) is 12.8. The molecule has 0 bridgehead atoms. The van der Waals surface area contributed by atoms with Crippen LogP contribution in [0.2, 0.25) is 0 Å². The third-order valence-corrected chi connectivity index (χ3v) is 3.71. The molecule has 0 aromatic heterocycles. The lowest BCUT2D eigenvalue weighted by Gasteiger charge is -2.28. The number of nitrogens with zero attached hydrogens (tertiary/aromatic N) is 1. The first-order valence-electron chi connectivity index (χ1n) is 7.82. The molecule has 1 rings (SSSR count). The molecule has 8 heteroatoms. The van der Waals surface area contributed by atoms with Crippen molar-refractivity contribution in [2.24, 2.45) is 5.84 Å². The number of methoxy groups -OCH3 is 1. The summed E-state index contributed by atoms with van der Waals surface area (Å²) < 4.78 is 14.6. The third-order valence-electron chi connectivity index (χ3n) is 3.71. The Kier molecular flexibility index (Phi) is 7.53. The minimum Gasteiger partial charge on any atom is -0.496 e. The van der Waals surface area contributed by atoms with E-state index < -0.39 is 10.6 Å². The molecule has 8 nitrogen and oxygen atoms in total. The largest absolute Gasteiger partial charge is 0.496 e. The quantitative estimate of drug-likeness (QED) is 0.245. The van der Waals surface area contributed by atoms with Crippen LogP contribution in [0.15, 0.2) is 18.2 Å². The minimum atomic E-state index is -0.516. The highest BCUT2D eigenvalue weighted by Crippen LogP contribution is 2.28. The van der Waals surface area contributed by atoms with Gasteiger partial charge in [-0.25, -0.2) is 4.79 Å². The minimum absolute atomic E-state index is 0.0141. The molecule has 1 amide bonds. The number of carbonyl (C=O) groups is 3. The molecular formula is C17H25N2O6+. The molecule has 0 spiro atoms. The summed E-state index contributed by atoms with van der Waals surface area (Å²) in [5, 5.41) is 0. The second-order valence-corrected chi connectivity index (χ2v) is 5.54. The highest BCUT2D eigenvalue weighted by atomic mass is 16.5. The average Bonchev–Trinajstić information content (AvgIpc) is 2.53. The molecular weight excluding hydrogens is 328 g/mol. The van der Waals surface area contributed by atoms with Gasteiger partial charge in [0.1, 0.15) is 18.9 Å². The van der Waals surface area contributed by atoms with Gasteiger partial charge in [-0.15, -0.1) is 0 Å². The van der Waals surface area contributed by atoms with E-state index in [0.717, 1.165) is 5.56 Å². The maximum absolute atomic E-state index is 12.1. The van der Waals surface area contributed by atoms with Gasteiger partial charge in [0.05, 0.1) is 20.6 Å². The van der Waals surface area contributed by atoms with Crippen molar-refractivity contribution < 1.29 is 28.6 Å². The summed E-state index contributed by atoms with van der Waals surface area (Å²) in [6, 6.07) is 5.12. The van der Waals surface area contributed by atoms with Gasteiger partial charge in [-0.3, -0.25) is 9.59 Å². The van der Waals surface area contributed by atoms with Crippen LogP contribution in [-0.4, -0.2) is 44.7 Å². The van der Waals surface area contributed by atoms with E-state index >= 15 is 0 Å². The molecule has 25 heavy (non-hydrogen) atoms. The van der Waals surface area contributed by atoms with E-state index in [2.05, 4.69) is 0 Å². The molecule has 0 saturated heterocycles. The Morgan fingerprint density at radius 2 is 1.64 bits per heavy atom. The van der Waals surface area contributed by atoms with E-state index in [4.69, 9.17) is 20.1 Å². The van der Waals surface area contributed by atoms with Crippen LogP contribution in [0.25, 0.3) is 0 Å². The lowest BCUT2D eigenvalue weighted by atomic mass is 10.1. The molecule has 2 N–H and O–H groups in total. The maximum Gasteiger partial charge on any atom is 0.334 e. The molecule has 1 unspecified atom stereocenters. The standard InChI is InChI=1S/C17H25N2O6/c1-12(20)19(18,8-10-25-14(3)22)16-5-6-17(23-4)15(11-16)7-9-24-13(2)21/h5-6,11H,7-10,18H2,1-4H3/q+1. The second kappa shape index (κ2) is 9.14. The Labute approximate surface area is 147 Å². The van der Waals surface area contributed by atoms with Crippen LogP contribution >= 0.6 is 0 Å². The number of ether oxygens (including phenoxy) is 3. The number of hydrogen-bond donors (Lipinski definition) is 1. The molecule has 0 aliphatic carbocycles. The van der Waals surface area contributed by atoms with Crippen LogP contribution in [-0.2, 0) is 30.3 Å². The molecule has 0 saturated carbocycles. The summed E-state index contributed by atoms with van der Waals surface area (Å²) in [5.74, 6) is 5.75. The summed E-state index contributed by atoms with van der Waals surface area (Å²) >= 11 is 0. The SMILES string of the molecule is COc1ccc([N+](N)(CCOC(C)=O)C(C)=O)cc1CCOC(C)=O. The third kappa shape index (κ3) is 5.84. The molecule has 1 aromatic rings. The van der Waals surface area contributed by atoms with E-state index in [0.29, 0.717) is 17.9 Å². The number of carbonyl (C=O) groups excluding carboxylic acids is 3. The Morgan fingerprint density at radius 1 is 1.04 bits per heavy atom. The van der Waals surface area contributed by atoms with Crippen molar-refractivity contribution in [3.63, 3.8) is 0 Å². The number of nitrogens with two attached hydrogens (primary N) is 1. The van der Waals surface area contributed by atoms with Crippen LogP contribution in [0.3, 0.4) is 0 Å². The number of amides is 1. The zero-order valence-electron chi connectivity index (χ0n) is 15.0. The van der Waals surface area contributed by atoms with Gasteiger partial charge >= 0.3 is 17.8 Å². The molecule has 0 aliphatic heterocycles. The van der Waals surface area contributed by atoms with Crippen molar-refractivity contribution in [2.75, 3.05) is 26.9 Å². The molecule has 0 aliphatic rings. The van der Waals surface area contributed by atoms with Gasteiger partial charge in [-0.1, -0.05) is 0 Å². The summed E-state index contributed by atoms with van der Waals surface area (Å²) in [6.45, 7) is 4.30. The zero-order valence-corrected chi connectivity index (χ0v) is 15.0. The fraction of sp³-hybridized carbons (Fsp3) is 0.471. The lowest BCUT2D eigenvalue weighted by molar-refractivity contribution is -0.143. The first-order chi connectivity index (χ1) is 11.7. The Balaban J connectivity index is 3.07. The van der Waals surface area contributed by atoms with Crippen molar-refractivity contribution in [3.8, 4) is 5.75 Å². The van der Waals surface area contributed by atoms with E-state index in [1.807, 2.05) is 0 Å². The first kappa shape index (κ1) is 20.6. The summed E-state index contributed by atoms with van der Waals surface area (Å²) in [6.07, 6.45) is 0.415. The average molecular weight is 353 g/mol. The topological polar surface area (TPSA) is 105 Å². The molecule has 1 aromatic carbocycles. The molecule has 0 fully saturated rings. The van der Waals surface area contributed by atoms with Crippen LogP contribution in [0.5, 0.6) is 5.75 Å². The van der Waals surface area contributed by atoms with Crippen molar-refractivity contribution in [3.05, 3.63) is 23.8 Å². The van der Waals surface area contributed by atoms with Gasteiger partial charge in [0, 0.05) is 38.0 Å². The number of hydrogen-bond acceptors (Lipinski definition) is 7. The van der Waals surface area contributed by atoms with E-state index in [9.17, 15) is 14.4 Å². The smallest absolute Gasteiger partial charge is 0.334 e. The van der Waals surface area contributed by atoms with E-state index in [1.165, 1.54) is 27.9 Å². The van der Waals surface area contributed by atoms with Crippen LogP contribution in [0, 0.1) is 0 Å². The predicted molar refractivity (Wildman–Crippen MR) is 91.5 cm³/mol. The number of esters is 2. The lowest BCUT2D eigenvalue weighted by Crippen LogP contribution is -2.61. The van der Waals surface area contributed by atoms with Crippen LogP contribution < -0.4 is 15.2 Å². The van der Waals surface area contributed by atoms with Gasteiger partial charge in [-0.2, -0.15) is 10.4 Å². The second-order valence-electron chi connectivity index (χ2n) is 5.54. The molecule has 0 heterocycles. The highest BCUT2D eigenvalue weighted by molar-refractivity contribution is 5.85. The highest BCUT2D eigenvalue weighted by Gasteiger charge is 2.33. The van der Waals surface area contributed by atoms with Gasteiger partial charge in [0.2, 0.25) is 0 Å². The summed E-state index contributed by atoms with van der Waals surface area (Å²) in [7, 11) is 1.53. The Hall–Kier alpha value is -2.45. The zero-order chi connectivity index (χ0) is 19.0. The molecule has 1 atom stereocenters. The molecule has 0 radical (unpaired) electrons. The summed E-state index contributed by atoms with van der Waals surface area (Å²) in [4.78, 5) is 34.0. The number of rotatable bonds is 8. The van der Waals surface area contributed by atoms with E-state index in [-0.39, 0.29) is 31.6 Å². The van der Waals surface area contributed by atoms with Crippen LogP contribution in [0.1, 0.15) is 26.3 Å². The fourth-order valence-electron chi connectivity index (χ4n) is 2.31. The number of benzene rings is 1. The Morgan fingerprint density at radius 3 is 2.16 bits per heavy atom. The van der Waals surface area contributed by atoms with Gasteiger partial charge in [0.15, 0.2) is 5.69 Å². The molecule has 138 valence electrons. The summed E-state index contributed by atoms with van der Waals surface area (Å²) in [5.41, 5.74) is 1.28. The Bertz CT molecular complexity index is 646. The maximum atomic E-state index is 12.1. The van der Waals surface area contributed by atoms with Crippen molar-refractivity contribution >= 4 is 23.5 Å². The monoisotopic (exact) mass is 353 g/mol. The van der Waals surface area contributed by atoms with E-state index in [1.54, 1.807) is 18.2 Å². The van der Waals surface area contributed by atoms with Gasteiger partial charge in [-0.05, 0) is 6.07 Å². The van der Waals surface area contributed by atoms with Crippen molar-refractivity contribution in [2.45, 2.75) is 27.2 Å². The van der Waals surface area contributed by atoms with Gasteiger partial charge in [0.25, 0.3) is 0 Å². The van der Waals surface area contributed by atoms with Crippen LogP contribution in [0.4, 0.5) is 5.69 Å². The fourth-order valence-corrected chi connectivity index (χ4v) is 2.31. The first-order valence-corrected chi connectivity index (χ1v) is 7.82. The van der Waals surface area contributed by atoms with Crippen molar-refractivity contribution in [1.82, 2.24) is 4.59 Å². The van der Waals surface area contributed by atoms with Crippen molar-refractivity contribution in [1.29, 1.82) is 0 Å². The van der Waals surface area contributed by atoms with Gasteiger partial charge < -0.3 is 14.2 Å².